The van der Waals surface area contributed by atoms with Crippen molar-refractivity contribution in [3.8, 4) is 0 Å². The van der Waals surface area contributed by atoms with Crippen molar-refractivity contribution in [3.05, 3.63) is 29.2 Å². The van der Waals surface area contributed by atoms with Gasteiger partial charge in [-0.2, -0.15) is 0 Å². The highest BCUT2D eigenvalue weighted by atomic mass is 16.1. The van der Waals surface area contributed by atoms with E-state index in [1.54, 1.807) is 19.4 Å². The number of hydrogen-bond donors (Lipinski definition) is 3. The second-order valence-electron chi connectivity index (χ2n) is 6.20. The number of nitrogens with one attached hydrogen (secondary N) is 2. The van der Waals surface area contributed by atoms with Gasteiger partial charge in [0.15, 0.2) is 5.65 Å². The third kappa shape index (κ3) is 2.89. The molecule has 126 valence electrons. The first-order valence-corrected chi connectivity index (χ1v) is 8.11. The maximum Gasteiger partial charge on any atom is 0.255 e. The summed E-state index contributed by atoms with van der Waals surface area (Å²) >= 11 is 0. The van der Waals surface area contributed by atoms with E-state index in [0.29, 0.717) is 28.1 Å². The molecule has 24 heavy (non-hydrogen) atoms. The third-order valence-corrected chi connectivity index (χ3v) is 4.10. The number of amides is 1. The molecule has 2 aromatic heterocycles. The highest BCUT2D eigenvalue weighted by molar-refractivity contribution is 6.08. The average molecular weight is 326 g/mol. The third-order valence-electron chi connectivity index (χ3n) is 4.10. The Morgan fingerprint density at radius 1 is 1.42 bits per heavy atom. The lowest BCUT2D eigenvalue weighted by Gasteiger charge is -2.08. The van der Waals surface area contributed by atoms with Gasteiger partial charge < -0.3 is 16.0 Å². The first kappa shape index (κ1) is 16.2. The van der Waals surface area contributed by atoms with Crippen LogP contribution in [0.15, 0.2) is 23.0 Å². The Labute approximate surface area is 140 Å². The molecule has 1 aliphatic carbocycles. The lowest BCUT2D eigenvalue weighted by Crippen LogP contribution is -2.30. The maximum absolute atomic E-state index is 12.3. The number of carbonyl (C=O) groups excluding carboxylic acids is 1. The molecule has 2 heterocycles. The molecule has 0 atom stereocenters. The SMILES string of the molecule is CN=C1CCCC1=C(N)c1cnc2[nH]cc(C(=O)NC(C)C)c2n1. The summed E-state index contributed by atoms with van der Waals surface area (Å²) in [4.78, 5) is 28.5. The number of nitrogens with zero attached hydrogens (tertiary/aromatic N) is 3. The van der Waals surface area contributed by atoms with Crippen LogP contribution < -0.4 is 11.1 Å². The molecule has 0 aliphatic heterocycles. The van der Waals surface area contributed by atoms with Gasteiger partial charge in [0.2, 0.25) is 0 Å². The summed E-state index contributed by atoms with van der Waals surface area (Å²) in [5.41, 5.74) is 11.1. The summed E-state index contributed by atoms with van der Waals surface area (Å²) in [7, 11) is 1.78. The molecule has 0 spiro atoms. The van der Waals surface area contributed by atoms with E-state index in [0.717, 1.165) is 30.5 Å². The maximum atomic E-state index is 12.3. The van der Waals surface area contributed by atoms with E-state index in [4.69, 9.17) is 5.73 Å². The van der Waals surface area contributed by atoms with Gasteiger partial charge >= 0.3 is 0 Å². The molecule has 0 saturated heterocycles. The number of H-pyrrole nitrogens is 1. The summed E-state index contributed by atoms with van der Waals surface area (Å²) in [5.74, 6) is -0.175. The van der Waals surface area contributed by atoms with Crippen LogP contribution in [0.5, 0.6) is 0 Å². The molecule has 1 fully saturated rings. The van der Waals surface area contributed by atoms with Crippen LogP contribution >= 0.6 is 0 Å². The minimum absolute atomic E-state index is 0.0487. The van der Waals surface area contributed by atoms with Crippen molar-refractivity contribution in [2.75, 3.05) is 7.05 Å². The summed E-state index contributed by atoms with van der Waals surface area (Å²) in [6.45, 7) is 3.83. The smallest absolute Gasteiger partial charge is 0.255 e. The number of carbonyl (C=O) groups is 1. The van der Waals surface area contributed by atoms with Crippen molar-refractivity contribution in [2.45, 2.75) is 39.2 Å². The largest absolute Gasteiger partial charge is 0.397 e. The quantitative estimate of drug-likeness (QED) is 0.801. The van der Waals surface area contributed by atoms with Gasteiger partial charge in [-0.3, -0.25) is 9.79 Å². The van der Waals surface area contributed by atoms with Crippen molar-refractivity contribution in [1.82, 2.24) is 20.3 Å². The summed E-state index contributed by atoms with van der Waals surface area (Å²) in [6.07, 6.45) is 6.14. The van der Waals surface area contributed by atoms with Crippen molar-refractivity contribution < 1.29 is 4.79 Å². The van der Waals surface area contributed by atoms with Gasteiger partial charge in [-0.05, 0) is 38.7 Å². The Hall–Kier alpha value is -2.70. The number of aromatic amines is 1. The minimum Gasteiger partial charge on any atom is -0.397 e. The summed E-state index contributed by atoms with van der Waals surface area (Å²) in [6, 6.07) is 0.0487. The van der Waals surface area contributed by atoms with E-state index >= 15 is 0 Å². The second-order valence-corrected chi connectivity index (χ2v) is 6.20. The Morgan fingerprint density at radius 3 is 2.92 bits per heavy atom. The monoisotopic (exact) mass is 326 g/mol. The number of aliphatic imine (C=N–C) groups is 1. The van der Waals surface area contributed by atoms with Gasteiger partial charge in [0.1, 0.15) is 11.2 Å². The van der Waals surface area contributed by atoms with Crippen molar-refractivity contribution >= 4 is 28.5 Å². The van der Waals surface area contributed by atoms with Crippen LogP contribution in [0.2, 0.25) is 0 Å². The van der Waals surface area contributed by atoms with Gasteiger partial charge in [-0.15, -0.1) is 0 Å². The van der Waals surface area contributed by atoms with Gasteiger partial charge in [-0.25, -0.2) is 9.97 Å². The zero-order valence-electron chi connectivity index (χ0n) is 14.2. The minimum atomic E-state index is -0.175. The van der Waals surface area contributed by atoms with E-state index in [1.165, 1.54) is 0 Å². The predicted molar refractivity (Wildman–Crippen MR) is 94.8 cm³/mol. The van der Waals surface area contributed by atoms with Crippen molar-refractivity contribution in [2.24, 2.45) is 10.7 Å². The number of nitrogens with two attached hydrogens (primary N) is 1. The van der Waals surface area contributed by atoms with Gasteiger partial charge in [0, 0.05) is 25.0 Å². The fraction of sp³-hybridized carbons (Fsp3) is 0.412. The van der Waals surface area contributed by atoms with Crippen molar-refractivity contribution in [3.63, 3.8) is 0 Å². The molecule has 4 N–H and O–H groups in total. The number of rotatable bonds is 3. The number of allylic oxidation sites excluding steroid dienone is 1. The van der Waals surface area contributed by atoms with Gasteiger partial charge in [-0.1, -0.05) is 0 Å². The van der Waals surface area contributed by atoms with E-state index in [9.17, 15) is 4.79 Å². The molecule has 7 heteroatoms. The molecule has 1 aliphatic rings. The number of aromatic nitrogens is 3. The van der Waals surface area contributed by atoms with Crippen LogP contribution in [-0.4, -0.2) is 39.7 Å². The molecular formula is C17H22N6O. The Bertz CT molecular complexity index is 846. The van der Waals surface area contributed by atoms with Crippen LogP contribution in [-0.2, 0) is 0 Å². The molecular weight excluding hydrogens is 304 g/mol. The van der Waals surface area contributed by atoms with Crippen LogP contribution in [0, 0.1) is 0 Å². The zero-order valence-corrected chi connectivity index (χ0v) is 14.2. The Balaban J connectivity index is 2.05. The first-order valence-electron chi connectivity index (χ1n) is 8.11. The summed E-state index contributed by atoms with van der Waals surface area (Å²) < 4.78 is 0. The van der Waals surface area contributed by atoms with Crippen LogP contribution in [0.4, 0.5) is 0 Å². The fourth-order valence-corrected chi connectivity index (χ4v) is 2.95. The molecule has 0 bridgehead atoms. The average Bonchev–Trinajstić information content (AvgIpc) is 3.19. The van der Waals surface area contributed by atoms with Gasteiger partial charge in [0.25, 0.3) is 5.91 Å². The van der Waals surface area contributed by atoms with E-state index in [1.807, 2.05) is 13.8 Å². The molecule has 1 amide bonds. The van der Waals surface area contributed by atoms with Crippen LogP contribution in [0.1, 0.15) is 49.2 Å². The topological polar surface area (TPSA) is 109 Å². The van der Waals surface area contributed by atoms with Crippen molar-refractivity contribution in [1.29, 1.82) is 0 Å². The zero-order chi connectivity index (χ0) is 17.3. The molecule has 0 unspecified atom stereocenters. The predicted octanol–water partition coefficient (Wildman–Crippen LogP) is 2.02. The molecule has 2 aromatic rings. The molecule has 7 nitrogen and oxygen atoms in total. The second kappa shape index (κ2) is 6.43. The standard InChI is InChI=1S/C17H22N6O/c1-9(2)22-17(24)11-7-20-16-15(11)23-13(8-21-16)14(18)10-5-4-6-12(10)19-3/h7-9H,4-6,18H2,1-3H3,(H,20,21)(H,22,24). The number of fused-ring (bicyclic) bond motifs is 1. The molecule has 3 rings (SSSR count). The van der Waals surface area contributed by atoms with Gasteiger partial charge in [0.05, 0.1) is 17.5 Å². The fourth-order valence-electron chi connectivity index (χ4n) is 2.95. The Morgan fingerprint density at radius 2 is 2.21 bits per heavy atom. The summed E-state index contributed by atoms with van der Waals surface area (Å²) in [5, 5.41) is 2.87. The van der Waals surface area contributed by atoms with E-state index < -0.39 is 0 Å². The van der Waals surface area contributed by atoms with Crippen LogP contribution in [0.3, 0.4) is 0 Å². The molecule has 1 saturated carbocycles. The van der Waals surface area contributed by atoms with Crippen LogP contribution in [0.25, 0.3) is 16.9 Å². The normalized spacial score (nSPS) is 18.6. The highest BCUT2D eigenvalue weighted by Gasteiger charge is 2.21. The van der Waals surface area contributed by atoms with E-state index in [2.05, 4.69) is 25.3 Å². The van der Waals surface area contributed by atoms with E-state index in [-0.39, 0.29) is 11.9 Å². The lowest BCUT2D eigenvalue weighted by atomic mass is 10.1. The first-order chi connectivity index (χ1) is 11.5. The molecule has 0 aromatic carbocycles. The number of hydrogen-bond acceptors (Lipinski definition) is 5. The highest BCUT2D eigenvalue weighted by Crippen LogP contribution is 2.27. The molecule has 0 radical (unpaired) electrons. The lowest BCUT2D eigenvalue weighted by molar-refractivity contribution is 0.0944. The Kier molecular flexibility index (Phi) is 4.33.